The molecule has 2 rings (SSSR count). The third kappa shape index (κ3) is 4.84. The van der Waals surface area contributed by atoms with Crippen LogP contribution in [0.1, 0.15) is 11.1 Å². The lowest BCUT2D eigenvalue weighted by atomic mass is 10.1. The summed E-state index contributed by atoms with van der Waals surface area (Å²) in [4.78, 5) is 12.1. The largest absolute Gasteiger partial charge is 0.497 e. The van der Waals surface area contributed by atoms with Crippen molar-refractivity contribution in [1.82, 2.24) is 0 Å². The number of nitrogens with two attached hydrogens (primary N) is 1. The highest BCUT2D eigenvalue weighted by Crippen LogP contribution is 2.25. The maximum Gasteiger partial charge on any atom is 0.248 e. The number of carbonyl (C=O) groups excluding carboxylic acids is 1. The number of amides is 1. The Morgan fingerprint density at radius 2 is 1.85 bits per heavy atom. The molecule has 0 saturated heterocycles. The fraction of sp³-hybridized carbons (Fsp3) is 0.167. The van der Waals surface area contributed by atoms with Crippen molar-refractivity contribution in [2.24, 2.45) is 5.14 Å². The van der Waals surface area contributed by atoms with E-state index >= 15 is 0 Å². The third-order valence-electron chi connectivity index (χ3n) is 3.62. The molecule has 0 unspecified atom stereocenters. The lowest BCUT2D eigenvalue weighted by Crippen LogP contribution is -2.15. The second-order valence-electron chi connectivity index (χ2n) is 5.46. The summed E-state index contributed by atoms with van der Waals surface area (Å²) in [6, 6.07) is 9.71. The topological polar surface area (TPSA) is 108 Å². The van der Waals surface area contributed by atoms with Crippen LogP contribution in [-0.2, 0) is 14.8 Å². The molecule has 0 aliphatic heterocycles. The molecule has 0 aromatic heterocycles. The fourth-order valence-electron chi connectivity index (χ4n) is 2.29. The summed E-state index contributed by atoms with van der Waals surface area (Å²) in [5, 5.41) is 7.77. The highest BCUT2D eigenvalue weighted by atomic mass is 32.2. The second kappa shape index (κ2) is 8.03. The minimum absolute atomic E-state index is 0.0314. The van der Waals surface area contributed by atoms with E-state index in [2.05, 4.69) is 5.32 Å². The summed E-state index contributed by atoms with van der Waals surface area (Å²) in [7, 11) is -0.789. The number of nitrogens with one attached hydrogen (secondary N) is 1. The lowest BCUT2D eigenvalue weighted by Gasteiger charge is -2.08. The van der Waals surface area contributed by atoms with E-state index in [-0.39, 0.29) is 4.90 Å². The molecule has 0 bridgehead atoms. The maximum absolute atomic E-state index is 12.1. The Hall–Kier alpha value is -2.84. The number of carbonyl (C=O) groups is 1. The van der Waals surface area contributed by atoms with Crippen LogP contribution in [0.2, 0.25) is 0 Å². The Morgan fingerprint density at radius 1 is 1.12 bits per heavy atom. The second-order valence-corrected chi connectivity index (χ2v) is 6.99. The maximum atomic E-state index is 12.1. The number of hydrogen-bond acceptors (Lipinski definition) is 5. The molecule has 0 heterocycles. The Kier molecular flexibility index (Phi) is 6.01. The van der Waals surface area contributed by atoms with Gasteiger partial charge in [-0.3, -0.25) is 4.79 Å². The Labute approximate surface area is 152 Å². The number of anilines is 1. The van der Waals surface area contributed by atoms with Crippen molar-refractivity contribution in [3.63, 3.8) is 0 Å². The van der Waals surface area contributed by atoms with Crippen molar-refractivity contribution < 1.29 is 22.7 Å². The molecule has 26 heavy (non-hydrogen) atoms. The van der Waals surface area contributed by atoms with Crippen molar-refractivity contribution in [3.8, 4) is 11.5 Å². The van der Waals surface area contributed by atoms with Crippen molar-refractivity contribution in [1.29, 1.82) is 0 Å². The molecular weight excluding hydrogens is 356 g/mol. The van der Waals surface area contributed by atoms with E-state index in [4.69, 9.17) is 14.6 Å². The molecular formula is C18H20N2O5S. The van der Waals surface area contributed by atoms with Crippen LogP contribution in [0.25, 0.3) is 6.08 Å². The minimum Gasteiger partial charge on any atom is -0.497 e. The van der Waals surface area contributed by atoms with Gasteiger partial charge >= 0.3 is 0 Å². The zero-order valence-corrected chi connectivity index (χ0v) is 15.5. The highest BCUT2D eigenvalue weighted by molar-refractivity contribution is 7.89. The number of benzene rings is 2. The Bertz CT molecular complexity index is 952. The summed E-state index contributed by atoms with van der Waals surface area (Å²) in [5.41, 5.74) is 1.53. The highest BCUT2D eigenvalue weighted by Gasteiger charge is 2.12. The van der Waals surface area contributed by atoms with Crippen molar-refractivity contribution >= 4 is 27.7 Å². The summed E-state index contributed by atoms with van der Waals surface area (Å²) >= 11 is 0. The summed E-state index contributed by atoms with van der Waals surface area (Å²) in [6.45, 7) is 1.63. The first-order valence-corrected chi connectivity index (χ1v) is 9.14. The van der Waals surface area contributed by atoms with Crippen LogP contribution < -0.4 is 19.9 Å². The van der Waals surface area contributed by atoms with Gasteiger partial charge in [0.2, 0.25) is 15.9 Å². The standard InChI is InChI=1S/C18H20N2O5S/c1-12-4-7-14(10-17(12)26(19,22)23)20-18(21)9-6-13-5-8-15(24-2)11-16(13)25-3/h4-11H,1-3H3,(H,20,21)(H2,19,22,23)/b9-6+. The van der Waals surface area contributed by atoms with Crippen LogP contribution in [0, 0.1) is 6.92 Å². The molecule has 0 saturated carbocycles. The molecule has 1 amide bonds. The molecule has 0 spiro atoms. The predicted octanol–water partition coefficient (Wildman–Crippen LogP) is 2.31. The summed E-state index contributed by atoms with van der Waals surface area (Å²) in [6.07, 6.45) is 2.91. The summed E-state index contributed by atoms with van der Waals surface area (Å²) < 4.78 is 33.5. The van der Waals surface area contributed by atoms with Gasteiger partial charge < -0.3 is 14.8 Å². The van der Waals surface area contributed by atoms with Crippen molar-refractivity contribution in [3.05, 3.63) is 53.6 Å². The average Bonchev–Trinajstić information content (AvgIpc) is 2.60. The lowest BCUT2D eigenvalue weighted by molar-refractivity contribution is -0.111. The zero-order valence-electron chi connectivity index (χ0n) is 14.6. The van der Waals surface area contributed by atoms with Gasteiger partial charge in [-0.05, 0) is 42.8 Å². The van der Waals surface area contributed by atoms with E-state index in [9.17, 15) is 13.2 Å². The van der Waals surface area contributed by atoms with Gasteiger partial charge in [0.25, 0.3) is 0 Å². The molecule has 8 heteroatoms. The van der Waals surface area contributed by atoms with E-state index < -0.39 is 15.9 Å². The SMILES string of the molecule is COc1ccc(/C=C/C(=O)Nc2ccc(C)c(S(N)(=O)=O)c2)c(OC)c1. The molecule has 0 radical (unpaired) electrons. The van der Waals surface area contributed by atoms with Crippen LogP contribution in [0.4, 0.5) is 5.69 Å². The van der Waals surface area contributed by atoms with Crippen LogP contribution in [0.15, 0.2) is 47.4 Å². The molecule has 2 aromatic rings. The molecule has 2 aromatic carbocycles. The van der Waals surface area contributed by atoms with Crippen LogP contribution in [-0.4, -0.2) is 28.5 Å². The van der Waals surface area contributed by atoms with E-state index in [1.165, 1.54) is 19.3 Å². The van der Waals surface area contributed by atoms with E-state index in [0.717, 1.165) is 0 Å². The molecule has 0 aliphatic rings. The average molecular weight is 376 g/mol. The van der Waals surface area contributed by atoms with Crippen molar-refractivity contribution in [2.45, 2.75) is 11.8 Å². The molecule has 0 atom stereocenters. The Balaban J connectivity index is 2.18. The number of aryl methyl sites for hydroxylation is 1. The number of methoxy groups -OCH3 is 2. The first kappa shape index (κ1) is 19.5. The Morgan fingerprint density at radius 3 is 2.46 bits per heavy atom. The third-order valence-corrected chi connectivity index (χ3v) is 4.67. The number of sulfonamides is 1. The number of primary sulfonamides is 1. The van der Waals surface area contributed by atoms with Gasteiger partial charge in [-0.15, -0.1) is 0 Å². The van der Waals surface area contributed by atoms with E-state index in [1.807, 2.05) is 0 Å². The van der Waals surface area contributed by atoms with E-state index in [0.29, 0.717) is 28.3 Å². The van der Waals surface area contributed by atoms with Gasteiger partial charge in [0.15, 0.2) is 0 Å². The van der Waals surface area contributed by atoms with Gasteiger partial charge in [-0.1, -0.05) is 6.07 Å². The monoisotopic (exact) mass is 376 g/mol. The van der Waals surface area contributed by atoms with Crippen LogP contribution in [0.5, 0.6) is 11.5 Å². The molecule has 7 nitrogen and oxygen atoms in total. The quantitative estimate of drug-likeness (QED) is 0.752. The zero-order chi connectivity index (χ0) is 19.3. The number of rotatable bonds is 6. The van der Waals surface area contributed by atoms with Gasteiger partial charge in [-0.25, -0.2) is 13.6 Å². The minimum atomic E-state index is -3.86. The van der Waals surface area contributed by atoms with Gasteiger partial charge in [0, 0.05) is 23.4 Å². The summed E-state index contributed by atoms with van der Waals surface area (Å²) in [5.74, 6) is 0.769. The van der Waals surface area contributed by atoms with Gasteiger partial charge in [0.1, 0.15) is 11.5 Å². The first-order chi connectivity index (χ1) is 12.2. The van der Waals surface area contributed by atoms with Gasteiger partial charge in [0.05, 0.1) is 19.1 Å². The molecule has 0 fully saturated rings. The molecule has 0 aliphatic carbocycles. The van der Waals surface area contributed by atoms with Crippen LogP contribution in [0.3, 0.4) is 0 Å². The smallest absolute Gasteiger partial charge is 0.248 e. The molecule has 138 valence electrons. The van der Waals surface area contributed by atoms with Gasteiger partial charge in [-0.2, -0.15) is 0 Å². The molecule has 3 N–H and O–H groups in total. The van der Waals surface area contributed by atoms with Crippen LogP contribution >= 0.6 is 0 Å². The first-order valence-electron chi connectivity index (χ1n) is 7.59. The van der Waals surface area contributed by atoms with E-state index in [1.54, 1.807) is 50.4 Å². The normalized spacial score (nSPS) is 11.4. The fourth-order valence-corrected chi connectivity index (χ4v) is 3.10. The predicted molar refractivity (Wildman–Crippen MR) is 99.8 cm³/mol. The van der Waals surface area contributed by atoms with Crippen molar-refractivity contribution in [2.75, 3.05) is 19.5 Å². The number of hydrogen-bond donors (Lipinski definition) is 2. The number of ether oxygens (including phenoxy) is 2.